The van der Waals surface area contributed by atoms with Crippen LogP contribution in [0.25, 0.3) is 0 Å². The first-order valence-corrected chi connectivity index (χ1v) is 10.6. The Morgan fingerprint density at radius 1 is 0.938 bits per heavy atom. The molecule has 3 atom stereocenters. The molecule has 32 heavy (non-hydrogen) atoms. The van der Waals surface area contributed by atoms with Crippen molar-refractivity contribution in [2.24, 2.45) is 0 Å². The first-order valence-electron chi connectivity index (χ1n) is 10.6. The van der Waals surface area contributed by atoms with Gasteiger partial charge < -0.3 is 15.3 Å². The van der Waals surface area contributed by atoms with Crippen molar-refractivity contribution < 1.29 is 19.1 Å². The Labute approximate surface area is 186 Å². The van der Waals surface area contributed by atoms with E-state index < -0.39 is 29.4 Å². The SMILES string of the molecule is C[C@@]1(O)CCN(C(=O)c2ccccc2)[C@@H](c2ccccc2)[C@@H]1NC(=O)c1ccc(F)cc1. The fourth-order valence-electron chi connectivity index (χ4n) is 4.22. The van der Waals surface area contributed by atoms with Gasteiger partial charge in [-0.1, -0.05) is 48.5 Å². The normalized spacial score (nSPS) is 22.9. The van der Waals surface area contributed by atoms with Gasteiger partial charge in [0.15, 0.2) is 0 Å². The first kappa shape index (κ1) is 21.7. The fraction of sp³-hybridized carbons (Fsp3) is 0.231. The molecule has 0 unspecified atom stereocenters. The first-order chi connectivity index (χ1) is 15.4. The van der Waals surface area contributed by atoms with E-state index >= 15 is 0 Å². The maximum Gasteiger partial charge on any atom is 0.254 e. The average Bonchev–Trinajstić information content (AvgIpc) is 2.81. The van der Waals surface area contributed by atoms with Crippen LogP contribution < -0.4 is 5.32 Å². The lowest BCUT2D eigenvalue weighted by Gasteiger charge is -2.49. The van der Waals surface area contributed by atoms with Crippen molar-refractivity contribution in [1.82, 2.24) is 10.2 Å². The number of carbonyl (C=O) groups is 2. The summed E-state index contributed by atoms with van der Waals surface area (Å²) in [6.45, 7) is 2.01. The summed E-state index contributed by atoms with van der Waals surface area (Å²) >= 11 is 0. The molecule has 1 saturated heterocycles. The summed E-state index contributed by atoms with van der Waals surface area (Å²) in [4.78, 5) is 28.1. The van der Waals surface area contributed by atoms with Gasteiger partial charge in [-0.3, -0.25) is 9.59 Å². The van der Waals surface area contributed by atoms with E-state index in [0.717, 1.165) is 5.56 Å². The molecule has 3 aromatic carbocycles. The topological polar surface area (TPSA) is 69.6 Å². The van der Waals surface area contributed by atoms with E-state index in [4.69, 9.17) is 0 Å². The lowest BCUT2D eigenvalue weighted by atomic mass is 9.79. The molecular formula is C26H25FN2O3. The molecule has 1 heterocycles. The lowest BCUT2D eigenvalue weighted by Crippen LogP contribution is -2.63. The number of hydrogen-bond donors (Lipinski definition) is 2. The maximum atomic E-state index is 13.4. The third kappa shape index (κ3) is 4.41. The van der Waals surface area contributed by atoms with Gasteiger partial charge in [0.1, 0.15) is 5.82 Å². The van der Waals surface area contributed by atoms with Crippen molar-refractivity contribution in [3.8, 4) is 0 Å². The Hall–Kier alpha value is -3.51. The number of nitrogens with one attached hydrogen (secondary N) is 1. The standard InChI is InChI=1S/C26H25FN2O3/c1-26(32)16-17-29(25(31)20-10-6-3-7-11-20)22(18-8-4-2-5-9-18)23(26)28-24(30)19-12-14-21(27)15-13-19/h2-15,22-23,32H,16-17H2,1H3,(H,28,30)/t22-,23-,26+/m0/s1. The highest BCUT2D eigenvalue weighted by atomic mass is 19.1. The third-order valence-electron chi connectivity index (χ3n) is 6.00. The summed E-state index contributed by atoms with van der Waals surface area (Å²) in [6, 6.07) is 22.2. The highest BCUT2D eigenvalue weighted by molar-refractivity contribution is 5.96. The van der Waals surface area contributed by atoms with Gasteiger partial charge in [0, 0.05) is 17.7 Å². The van der Waals surface area contributed by atoms with E-state index in [9.17, 15) is 19.1 Å². The number of rotatable bonds is 4. The molecule has 0 aromatic heterocycles. The van der Waals surface area contributed by atoms with Crippen LogP contribution in [0.4, 0.5) is 4.39 Å². The van der Waals surface area contributed by atoms with Crippen molar-refractivity contribution in [2.45, 2.75) is 31.0 Å². The number of benzene rings is 3. The van der Waals surface area contributed by atoms with E-state index in [-0.39, 0.29) is 11.5 Å². The predicted molar refractivity (Wildman–Crippen MR) is 120 cm³/mol. The Balaban J connectivity index is 1.72. The van der Waals surface area contributed by atoms with E-state index in [1.807, 2.05) is 36.4 Å². The number of hydrogen-bond acceptors (Lipinski definition) is 3. The van der Waals surface area contributed by atoms with Crippen LogP contribution in [0, 0.1) is 5.82 Å². The maximum absolute atomic E-state index is 13.4. The molecule has 6 heteroatoms. The van der Waals surface area contributed by atoms with Crippen LogP contribution in [0.5, 0.6) is 0 Å². The zero-order valence-corrected chi connectivity index (χ0v) is 17.7. The summed E-state index contributed by atoms with van der Waals surface area (Å²) < 4.78 is 13.3. The van der Waals surface area contributed by atoms with Crippen LogP contribution in [0.2, 0.25) is 0 Å². The number of amides is 2. The van der Waals surface area contributed by atoms with Gasteiger partial charge in [-0.05, 0) is 55.3 Å². The van der Waals surface area contributed by atoms with Gasteiger partial charge in [-0.2, -0.15) is 0 Å². The smallest absolute Gasteiger partial charge is 0.254 e. The van der Waals surface area contributed by atoms with Crippen LogP contribution in [0.15, 0.2) is 84.9 Å². The van der Waals surface area contributed by atoms with Crippen molar-refractivity contribution in [2.75, 3.05) is 6.54 Å². The molecule has 164 valence electrons. The lowest BCUT2D eigenvalue weighted by molar-refractivity contribution is -0.0549. The Kier molecular flexibility index (Phi) is 6.06. The fourth-order valence-corrected chi connectivity index (χ4v) is 4.22. The van der Waals surface area contributed by atoms with E-state index in [1.54, 1.807) is 36.1 Å². The summed E-state index contributed by atoms with van der Waals surface area (Å²) in [5, 5.41) is 14.2. The second kappa shape index (κ2) is 8.93. The molecule has 0 bridgehead atoms. The van der Waals surface area contributed by atoms with Crippen LogP contribution in [0.3, 0.4) is 0 Å². The zero-order chi connectivity index (χ0) is 22.7. The number of nitrogens with zero attached hydrogens (tertiary/aromatic N) is 1. The van der Waals surface area contributed by atoms with Crippen LogP contribution in [-0.2, 0) is 0 Å². The van der Waals surface area contributed by atoms with Gasteiger partial charge in [-0.25, -0.2) is 4.39 Å². The molecule has 4 rings (SSSR count). The van der Waals surface area contributed by atoms with Gasteiger partial charge >= 0.3 is 0 Å². The largest absolute Gasteiger partial charge is 0.388 e. The second-order valence-corrected chi connectivity index (χ2v) is 8.29. The van der Waals surface area contributed by atoms with Crippen molar-refractivity contribution in [3.05, 3.63) is 107 Å². The average molecular weight is 432 g/mol. The minimum Gasteiger partial charge on any atom is -0.388 e. The number of aliphatic hydroxyl groups is 1. The monoisotopic (exact) mass is 432 g/mol. The Morgan fingerprint density at radius 2 is 1.53 bits per heavy atom. The predicted octanol–water partition coefficient (Wildman–Crippen LogP) is 3.96. The number of likely N-dealkylation sites (tertiary alicyclic amines) is 1. The summed E-state index contributed by atoms with van der Waals surface area (Å²) in [6.07, 6.45) is 0.295. The Bertz CT molecular complexity index is 1090. The van der Waals surface area contributed by atoms with E-state index in [1.165, 1.54) is 24.3 Å². The van der Waals surface area contributed by atoms with Gasteiger partial charge in [-0.15, -0.1) is 0 Å². The van der Waals surface area contributed by atoms with Gasteiger partial charge in [0.25, 0.3) is 11.8 Å². The molecule has 1 aliphatic rings. The molecule has 1 aliphatic heterocycles. The molecule has 0 spiro atoms. The van der Waals surface area contributed by atoms with Gasteiger partial charge in [0.2, 0.25) is 0 Å². The molecule has 0 saturated carbocycles. The molecule has 2 N–H and O–H groups in total. The van der Waals surface area contributed by atoms with Crippen molar-refractivity contribution in [1.29, 1.82) is 0 Å². The zero-order valence-electron chi connectivity index (χ0n) is 17.7. The van der Waals surface area contributed by atoms with Gasteiger partial charge in [0.05, 0.1) is 17.7 Å². The molecular weight excluding hydrogens is 407 g/mol. The quantitative estimate of drug-likeness (QED) is 0.656. The molecule has 0 radical (unpaired) electrons. The Morgan fingerprint density at radius 3 is 2.16 bits per heavy atom. The van der Waals surface area contributed by atoms with Crippen molar-refractivity contribution in [3.63, 3.8) is 0 Å². The van der Waals surface area contributed by atoms with Crippen LogP contribution >= 0.6 is 0 Å². The molecule has 5 nitrogen and oxygen atoms in total. The highest BCUT2D eigenvalue weighted by Gasteiger charge is 2.47. The molecule has 0 aliphatic carbocycles. The molecule has 1 fully saturated rings. The molecule has 2 amide bonds. The van der Waals surface area contributed by atoms with E-state index in [0.29, 0.717) is 18.5 Å². The highest BCUT2D eigenvalue weighted by Crippen LogP contribution is 2.38. The summed E-state index contributed by atoms with van der Waals surface area (Å²) in [5.74, 6) is -1.05. The number of piperidine rings is 1. The summed E-state index contributed by atoms with van der Waals surface area (Å²) in [5.41, 5.74) is 0.365. The summed E-state index contributed by atoms with van der Waals surface area (Å²) in [7, 11) is 0. The van der Waals surface area contributed by atoms with Crippen molar-refractivity contribution >= 4 is 11.8 Å². The second-order valence-electron chi connectivity index (χ2n) is 8.29. The minimum atomic E-state index is -1.26. The number of carbonyl (C=O) groups excluding carboxylic acids is 2. The molecule has 3 aromatic rings. The van der Waals surface area contributed by atoms with Crippen LogP contribution in [-0.4, -0.2) is 40.0 Å². The minimum absolute atomic E-state index is 0.170. The third-order valence-corrected chi connectivity index (χ3v) is 6.00. The van der Waals surface area contributed by atoms with Crippen LogP contribution in [0.1, 0.15) is 45.7 Å². The van der Waals surface area contributed by atoms with E-state index in [2.05, 4.69) is 5.32 Å². The number of halogens is 1.